The average Bonchev–Trinajstić information content (AvgIpc) is 3.35. The zero-order valence-electron chi connectivity index (χ0n) is 23.1. The van der Waals surface area contributed by atoms with Crippen molar-refractivity contribution in [1.29, 1.82) is 0 Å². The van der Waals surface area contributed by atoms with Crippen molar-refractivity contribution in [2.24, 2.45) is 5.73 Å². The van der Waals surface area contributed by atoms with E-state index in [0.29, 0.717) is 39.7 Å². The molecule has 0 aliphatic rings. The van der Waals surface area contributed by atoms with Crippen molar-refractivity contribution in [3.05, 3.63) is 125 Å². The monoisotopic (exact) mass is 584 g/mol. The molecule has 3 N–H and O–H groups in total. The number of fused-ring (bicyclic) bond motifs is 1. The fourth-order valence-corrected chi connectivity index (χ4v) is 5.36. The Bertz CT molecular complexity index is 1830. The number of carbonyl (C=O) groups is 3. The van der Waals surface area contributed by atoms with E-state index in [2.05, 4.69) is 10.3 Å². The van der Waals surface area contributed by atoms with Gasteiger partial charge in [-0.05, 0) is 60.4 Å². The normalized spacial score (nSPS) is 12.6. The first kappa shape index (κ1) is 29.2. The van der Waals surface area contributed by atoms with Crippen molar-refractivity contribution in [1.82, 2.24) is 14.9 Å². The van der Waals surface area contributed by atoms with Gasteiger partial charge in [0, 0.05) is 40.5 Å². The number of benzene rings is 3. The molecule has 5 aromatic rings. The van der Waals surface area contributed by atoms with E-state index in [1.54, 1.807) is 35.0 Å². The third-order valence-corrected chi connectivity index (χ3v) is 7.31. The van der Waals surface area contributed by atoms with Crippen LogP contribution in [-0.4, -0.2) is 27.7 Å². The van der Waals surface area contributed by atoms with Crippen LogP contribution in [0.25, 0.3) is 22.0 Å². The smallest absolute Gasteiger partial charge is 0.251 e. The highest BCUT2D eigenvalue weighted by Gasteiger charge is 2.27. The second-order valence-electron chi connectivity index (χ2n) is 10.1. The largest absolute Gasteiger partial charge is 0.366 e. The van der Waals surface area contributed by atoms with Gasteiger partial charge < -0.3 is 15.6 Å². The molecule has 0 unspecified atom stereocenters. The molecule has 218 valence electrons. The number of halogens is 3. The van der Waals surface area contributed by atoms with Crippen LogP contribution >= 0.6 is 0 Å². The molecule has 0 fully saturated rings. The Balaban J connectivity index is 1.59. The number of aldehydes is 1. The highest BCUT2D eigenvalue weighted by Crippen LogP contribution is 2.32. The van der Waals surface area contributed by atoms with Crippen molar-refractivity contribution in [3.63, 3.8) is 0 Å². The predicted octanol–water partition coefficient (Wildman–Crippen LogP) is 6.08. The Hall–Kier alpha value is -5.25. The Labute approximate surface area is 245 Å². The summed E-state index contributed by atoms with van der Waals surface area (Å²) in [7, 11) is 0. The molecule has 2 amide bonds. The molecule has 2 aromatic heterocycles. The van der Waals surface area contributed by atoms with Crippen molar-refractivity contribution >= 4 is 29.0 Å². The maximum absolute atomic E-state index is 14.3. The summed E-state index contributed by atoms with van der Waals surface area (Å²) in [5.41, 5.74) is 7.61. The summed E-state index contributed by atoms with van der Waals surface area (Å²) in [4.78, 5) is 42.1. The summed E-state index contributed by atoms with van der Waals surface area (Å²) in [5.74, 6) is -3.73. The zero-order chi connectivity index (χ0) is 30.7. The number of para-hydroxylation sites is 1. The molecule has 43 heavy (non-hydrogen) atoms. The number of primary amides is 1. The molecule has 2 atom stereocenters. The number of rotatable bonds is 10. The summed E-state index contributed by atoms with van der Waals surface area (Å²) in [6.45, 7) is 1.83. The third-order valence-electron chi connectivity index (χ3n) is 7.31. The average molecular weight is 585 g/mol. The Morgan fingerprint density at radius 1 is 1.00 bits per heavy atom. The number of nitrogens with two attached hydrogens (primary N) is 1. The van der Waals surface area contributed by atoms with Gasteiger partial charge >= 0.3 is 0 Å². The maximum Gasteiger partial charge on any atom is 0.251 e. The van der Waals surface area contributed by atoms with E-state index in [-0.39, 0.29) is 17.5 Å². The van der Waals surface area contributed by atoms with E-state index < -0.39 is 41.3 Å². The van der Waals surface area contributed by atoms with E-state index in [0.717, 1.165) is 18.4 Å². The molecular formula is C33H27F3N4O3. The molecule has 10 heteroatoms. The molecular weight excluding hydrogens is 557 g/mol. The molecule has 5 rings (SSSR count). The summed E-state index contributed by atoms with van der Waals surface area (Å²) >= 11 is 0. The van der Waals surface area contributed by atoms with Crippen LogP contribution in [0.15, 0.2) is 85.2 Å². The minimum absolute atomic E-state index is 0.0449. The lowest BCUT2D eigenvalue weighted by Crippen LogP contribution is -2.36. The van der Waals surface area contributed by atoms with E-state index in [1.807, 2.05) is 19.1 Å². The number of carbonyl (C=O) groups excluding carboxylic acids is 3. The number of pyridine rings is 1. The quantitative estimate of drug-likeness (QED) is 0.194. The molecule has 0 saturated heterocycles. The van der Waals surface area contributed by atoms with Gasteiger partial charge in [0.25, 0.3) is 5.91 Å². The van der Waals surface area contributed by atoms with E-state index in [9.17, 15) is 27.6 Å². The minimum atomic E-state index is -0.954. The van der Waals surface area contributed by atoms with Crippen LogP contribution in [0, 0.1) is 17.5 Å². The molecule has 7 nitrogen and oxygen atoms in total. The lowest BCUT2D eigenvalue weighted by atomic mass is 9.94. The molecule has 0 radical (unpaired) electrons. The predicted molar refractivity (Wildman–Crippen MR) is 156 cm³/mol. The summed E-state index contributed by atoms with van der Waals surface area (Å²) in [6, 6.07) is 15.8. The number of aromatic nitrogens is 2. The van der Waals surface area contributed by atoms with E-state index in [4.69, 9.17) is 5.73 Å². The fraction of sp³-hybridized carbons (Fsp3) is 0.152. The van der Waals surface area contributed by atoms with Crippen LogP contribution in [0.1, 0.15) is 57.4 Å². The molecule has 0 aliphatic heterocycles. The Morgan fingerprint density at radius 3 is 2.44 bits per heavy atom. The van der Waals surface area contributed by atoms with Crippen molar-refractivity contribution in [2.75, 3.05) is 0 Å². The lowest BCUT2D eigenvalue weighted by molar-refractivity contribution is -0.125. The number of nitrogens with one attached hydrogen (secondary N) is 1. The van der Waals surface area contributed by atoms with Gasteiger partial charge in [0.2, 0.25) is 5.91 Å². The first-order chi connectivity index (χ1) is 20.7. The van der Waals surface area contributed by atoms with Gasteiger partial charge in [-0.3, -0.25) is 19.4 Å². The van der Waals surface area contributed by atoms with Crippen molar-refractivity contribution < 1.29 is 27.6 Å². The second kappa shape index (κ2) is 12.3. The van der Waals surface area contributed by atoms with Crippen LogP contribution in [0.4, 0.5) is 13.2 Å². The van der Waals surface area contributed by atoms with E-state index in [1.165, 1.54) is 30.5 Å². The van der Waals surface area contributed by atoms with Gasteiger partial charge in [-0.2, -0.15) is 0 Å². The van der Waals surface area contributed by atoms with Gasteiger partial charge in [-0.15, -0.1) is 0 Å². The topological polar surface area (TPSA) is 107 Å². The molecule has 2 heterocycles. The number of amides is 2. The molecule has 0 saturated carbocycles. The first-order valence-electron chi connectivity index (χ1n) is 13.5. The van der Waals surface area contributed by atoms with Crippen LogP contribution in [0.5, 0.6) is 0 Å². The number of nitrogens with zero attached hydrogens (tertiary/aromatic N) is 2. The van der Waals surface area contributed by atoms with Gasteiger partial charge in [-0.1, -0.05) is 37.3 Å². The maximum atomic E-state index is 14.3. The summed E-state index contributed by atoms with van der Waals surface area (Å²) in [6.07, 6.45) is 4.16. The van der Waals surface area contributed by atoms with Crippen LogP contribution in [0.2, 0.25) is 0 Å². The fourth-order valence-electron chi connectivity index (χ4n) is 5.36. The highest BCUT2D eigenvalue weighted by molar-refractivity contribution is 5.98. The van der Waals surface area contributed by atoms with Crippen molar-refractivity contribution in [2.45, 2.75) is 31.8 Å². The Morgan fingerprint density at radius 2 is 1.74 bits per heavy atom. The molecule has 0 aliphatic carbocycles. The minimum Gasteiger partial charge on any atom is -0.366 e. The second-order valence-corrected chi connectivity index (χ2v) is 10.1. The summed E-state index contributed by atoms with van der Waals surface area (Å²) < 4.78 is 44.4. The lowest BCUT2D eigenvalue weighted by Gasteiger charge is -2.25. The van der Waals surface area contributed by atoms with Gasteiger partial charge in [0.05, 0.1) is 17.3 Å². The van der Waals surface area contributed by atoms with Gasteiger partial charge in [0.1, 0.15) is 23.5 Å². The van der Waals surface area contributed by atoms with Crippen molar-refractivity contribution in [3.8, 4) is 11.1 Å². The SMILES string of the molecule is CC[C@H](C(=O)N[C@@H](Cc1cc(F)cc(F)c1)c1ncccc1-c1ccc(F)c(C(N)=O)c1)n1cc(C=O)c2ccccc21. The number of hydrogen-bond acceptors (Lipinski definition) is 4. The molecule has 3 aromatic carbocycles. The summed E-state index contributed by atoms with van der Waals surface area (Å²) in [5, 5.41) is 3.70. The zero-order valence-corrected chi connectivity index (χ0v) is 23.1. The highest BCUT2D eigenvalue weighted by atomic mass is 19.1. The van der Waals surface area contributed by atoms with Crippen LogP contribution in [-0.2, 0) is 11.2 Å². The first-order valence-corrected chi connectivity index (χ1v) is 13.5. The van der Waals surface area contributed by atoms with Crippen LogP contribution < -0.4 is 11.1 Å². The molecule has 0 spiro atoms. The molecule has 0 bridgehead atoms. The van der Waals surface area contributed by atoms with Crippen LogP contribution in [0.3, 0.4) is 0 Å². The van der Waals surface area contributed by atoms with Gasteiger partial charge in [0.15, 0.2) is 6.29 Å². The number of hydrogen-bond donors (Lipinski definition) is 2. The standard InChI is InChI=1S/C33H27F3N4O3/c1-2-29(40-17-21(18-41)24-6-3-4-8-30(24)40)33(43)39-28(14-19-12-22(34)16-23(35)13-19)31-25(7-5-11-38-31)20-9-10-27(36)26(15-20)32(37)42/h3-13,15-18,28-29H,2,14H2,1H3,(H2,37,42)(H,39,43)/t28-,29+/m0/s1. The third kappa shape index (κ3) is 6.04. The Kier molecular flexibility index (Phi) is 8.38. The van der Waals surface area contributed by atoms with Gasteiger partial charge in [-0.25, -0.2) is 13.2 Å². The van der Waals surface area contributed by atoms with E-state index >= 15 is 0 Å².